The van der Waals surface area contributed by atoms with Gasteiger partial charge in [-0.3, -0.25) is 4.90 Å². The molecule has 1 fully saturated rings. The molecule has 84 valence electrons. The van der Waals surface area contributed by atoms with Crippen LogP contribution in [0.25, 0.3) is 0 Å². The van der Waals surface area contributed by atoms with Crippen molar-refractivity contribution in [2.45, 2.75) is 46.1 Å². The summed E-state index contributed by atoms with van der Waals surface area (Å²) in [5.41, 5.74) is 0.411. The summed E-state index contributed by atoms with van der Waals surface area (Å²) >= 11 is 0. The first-order valence-electron chi connectivity index (χ1n) is 6.07. The van der Waals surface area contributed by atoms with E-state index in [2.05, 4.69) is 37.5 Å². The van der Waals surface area contributed by atoms with E-state index in [0.29, 0.717) is 5.54 Å². The highest BCUT2D eigenvalue weighted by molar-refractivity contribution is 4.84. The van der Waals surface area contributed by atoms with Crippen molar-refractivity contribution in [3.63, 3.8) is 0 Å². The molecule has 0 aromatic heterocycles. The van der Waals surface area contributed by atoms with E-state index in [-0.39, 0.29) is 0 Å². The lowest BCUT2D eigenvalue weighted by molar-refractivity contribution is 0.0489. The van der Waals surface area contributed by atoms with Gasteiger partial charge in [0.15, 0.2) is 0 Å². The third kappa shape index (κ3) is 2.96. The van der Waals surface area contributed by atoms with Gasteiger partial charge in [-0.15, -0.1) is 0 Å². The number of piperazine rings is 1. The van der Waals surface area contributed by atoms with Gasteiger partial charge in [-0.2, -0.15) is 0 Å². The standard InChI is InChI=1S/C12H26N2/c1-5-7-12(3,4)14-10-8-13(6-2)9-11-14/h5-11H2,1-4H3. The van der Waals surface area contributed by atoms with Crippen LogP contribution in [0.2, 0.25) is 0 Å². The van der Waals surface area contributed by atoms with Crippen LogP contribution in [0.1, 0.15) is 40.5 Å². The average Bonchev–Trinajstić information content (AvgIpc) is 2.18. The van der Waals surface area contributed by atoms with Gasteiger partial charge in [0.2, 0.25) is 0 Å². The smallest absolute Gasteiger partial charge is 0.0154 e. The van der Waals surface area contributed by atoms with Crippen LogP contribution in [0.15, 0.2) is 0 Å². The van der Waals surface area contributed by atoms with Crippen LogP contribution in [0.5, 0.6) is 0 Å². The first kappa shape index (κ1) is 12.0. The number of rotatable bonds is 4. The Morgan fingerprint density at radius 1 is 1.00 bits per heavy atom. The van der Waals surface area contributed by atoms with E-state index in [9.17, 15) is 0 Å². The highest BCUT2D eigenvalue weighted by Crippen LogP contribution is 2.21. The maximum atomic E-state index is 2.66. The molecule has 0 saturated carbocycles. The van der Waals surface area contributed by atoms with Crippen molar-refractivity contribution in [3.05, 3.63) is 0 Å². The molecule has 0 radical (unpaired) electrons. The summed E-state index contributed by atoms with van der Waals surface area (Å²) in [6.45, 7) is 15.5. The zero-order valence-corrected chi connectivity index (χ0v) is 10.3. The molecular formula is C12H26N2. The van der Waals surface area contributed by atoms with Gasteiger partial charge in [0, 0.05) is 31.7 Å². The number of hydrogen-bond acceptors (Lipinski definition) is 2. The van der Waals surface area contributed by atoms with Crippen molar-refractivity contribution in [2.24, 2.45) is 0 Å². The predicted octanol–water partition coefficient (Wildman–Crippen LogP) is 2.20. The van der Waals surface area contributed by atoms with Gasteiger partial charge in [0.25, 0.3) is 0 Å². The molecule has 0 atom stereocenters. The summed E-state index contributed by atoms with van der Waals surface area (Å²) in [5.74, 6) is 0. The van der Waals surface area contributed by atoms with Crippen LogP contribution in [0, 0.1) is 0 Å². The minimum atomic E-state index is 0.411. The molecule has 0 aromatic rings. The van der Waals surface area contributed by atoms with Gasteiger partial charge < -0.3 is 4.90 Å². The summed E-state index contributed by atoms with van der Waals surface area (Å²) in [6.07, 6.45) is 2.61. The molecule has 0 unspecified atom stereocenters. The molecule has 2 nitrogen and oxygen atoms in total. The Bertz CT molecular complexity index is 158. The Morgan fingerprint density at radius 3 is 2.00 bits per heavy atom. The zero-order chi connectivity index (χ0) is 10.6. The summed E-state index contributed by atoms with van der Waals surface area (Å²) in [4.78, 5) is 5.20. The Balaban J connectivity index is 2.40. The number of hydrogen-bond donors (Lipinski definition) is 0. The molecule has 1 saturated heterocycles. The van der Waals surface area contributed by atoms with Gasteiger partial charge >= 0.3 is 0 Å². The van der Waals surface area contributed by atoms with Crippen LogP contribution >= 0.6 is 0 Å². The fourth-order valence-corrected chi connectivity index (χ4v) is 2.44. The Morgan fingerprint density at radius 2 is 1.57 bits per heavy atom. The van der Waals surface area contributed by atoms with Crippen molar-refractivity contribution in [2.75, 3.05) is 32.7 Å². The van der Waals surface area contributed by atoms with Gasteiger partial charge in [-0.1, -0.05) is 20.3 Å². The third-order valence-electron chi connectivity index (χ3n) is 3.54. The molecule has 1 aliphatic heterocycles. The quantitative estimate of drug-likeness (QED) is 0.683. The minimum Gasteiger partial charge on any atom is -0.301 e. The Hall–Kier alpha value is -0.0800. The van der Waals surface area contributed by atoms with Crippen LogP contribution in [0.3, 0.4) is 0 Å². The monoisotopic (exact) mass is 198 g/mol. The maximum absolute atomic E-state index is 2.66. The molecule has 0 N–H and O–H groups in total. The fourth-order valence-electron chi connectivity index (χ4n) is 2.44. The number of nitrogens with zero attached hydrogens (tertiary/aromatic N) is 2. The Kier molecular flexibility index (Phi) is 4.39. The number of likely N-dealkylation sites (N-methyl/N-ethyl adjacent to an activating group) is 1. The maximum Gasteiger partial charge on any atom is 0.0154 e. The molecule has 2 heteroatoms. The highest BCUT2D eigenvalue weighted by atomic mass is 15.3. The lowest BCUT2D eigenvalue weighted by Crippen LogP contribution is -2.54. The summed E-state index contributed by atoms with van der Waals surface area (Å²) in [5, 5.41) is 0. The summed E-state index contributed by atoms with van der Waals surface area (Å²) in [7, 11) is 0. The van der Waals surface area contributed by atoms with Crippen molar-refractivity contribution >= 4 is 0 Å². The second kappa shape index (κ2) is 5.13. The van der Waals surface area contributed by atoms with E-state index in [1.165, 1.54) is 45.6 Å². The van der Waals surface area contributed by atoms with E-state index in [1.54, 1.807) is 0 Å². The lowest BCUT2D eigenvalue weighted by Gasteiger charge is -2.44. The summed E-state index contributed by atoms with van der Waals surface area (Å²) < 4.78 is 0. The zero-order valence-electron chi connectivity index (χ0n) is 10.3. The average molecular weight is 198 g/mol. The molecule has 1 heterocycles. The molecule has 14 heavy (non-hydrogen) atoms. The molecule has 1 aliphatic rings. The predicted molar refractivity (Wildman–Crippen MR) is 62.7 cm³/mol. The van der Waals surface area contributed by atoms with Crippen molar-refractivity contribution < 1.29 is 0 Å². The fraction of sp³-hybridized carbons (Fsp3) is 1.00. The molecular weight excluding hydrogens is 172 g/mol. The van der Waals surface area contributed by atoms with Crippen LogP contribution in [-0.4, -0.2) is 48.1 Å². The van der Waals surface area contributed by atoms with Gasteiger partial charge in [-0.25, -0.2) is 0 Å². The van der Waals surface area contributed by atoms with Crippen LogP contribution in [0.4, 0.5) is 0 Å². The largest absolute Gasteiger partial charge is 0.301 e. The van der Waals surface area contributed by atoms with Gasteiger partial charge in [-0.05, 0) is 26.8 Å². The van der Waals surface area contributed by atoms with Crippen LogP contribution < -0.4 is 0 Å². The van der Waals surface area contributed by atoms with Gasteiger partial charge in [0.1, 0.15) is 0 Å². The molecule has 0 aromatic carbocycles. The van der Waals surface area contributed by atoms with Gasteiger partial charge in [0.05, 0.1) is 0 Å². The SMILES string of the molecule is CCCC(C)(C)N1CCN(CC)CC1. The molecule has 0 spiro atoms. The topological polar surface area (TPSA) is 6.48 Å². The van der Waals surface area contributed by atoms with E-state index < -0.39 is 0 Å². The summed E-state index contributed by atoms with van der Waals surface area (Å²) in [6, 6.07) is 0. The third-order valence-corrected chi connectivity index (χ3v) is 3.54. The van der Waals surface area contributed by atoms with Crippen LogP contribution in [-0.2, 0) is 0 Å². The first-order chi connectivity index (χ1) is 6.60. The first-order valence-corrected chi connectivity index (χ1v) is 6.07. The second-order valence-corrected chi connectivity index (χ2v) is 4.98. The van der Waals surface area contributed by atoms with E-state index in [1.807, 2.05) is 0 Å². The molecule has 0 amide bonds. The van der Waals surface area contributed by atoms with Crippen molar-refractivity contribution in [3.8, 4) is 0 Å². The van der Waals surface area contributed by atoms with Crippen molar-refractivity contribution in [1.82, 2.24) is 9.80 Å². The minimum absolute atomic E-state index is 0.411. The second-order valence-electron chi connectivity index (χ2n) is 4.98. The van der Waals surface area contributed by atoms with E-state index in [4.69, 9.17) is 0 Å². The highest BCUT2D eigenvalue weighted by Gasteiger charge is 2.28. The van der Waals surface area contributed by atoms with Crippen molar-refractivity contribution in [1.29, 1.82) is 0 Å². The molecule has 0 aliphatic carbocycles. The van der Waals surface area contributed by atoms with E-state index in [0.717, 1.165) is 0 Å². The Labute approximate surface area is 89.3 Å². The molecule has 1 rings (SSSR count). The normalized spacial score (nSPS) is 21.4. The molecule has 0 bridgehead atoms. The lowest BCUT2D eigenvalue weighted by atomic mass is 9.95. The van der Waals surface area contributed by atoms with E-state index >= 15 is 0 Å².